The molecule has 2 aliphatic rings. The van der Waals surface area contributed by atoms with Crippen LogP contribution in [0, 0.1) is 0 Å². The zero-order chi connectivity index (χ0) is 12.3. The van der Waals surface area contributed by atoms with Gasteiger partial charge in [-0.1, -0.05) is 25.7 Å². The van der Waals surface area contributed by atoms with Crippen LogP contribution in [0.15, 0.2) is 0 Å². The molecule has 2 fully saturated rings. The maximum absolute atomic E-state index is 10.3. The largest absolute Gasteiger partial charge is 0.388 e. The molecule has 17 heavy (non-hydrogen) atoms. The molecule has 2 unspecified atom stereocenters. The third kappa shape index (κ3) is 3.94. The van der Waals surface area contributed by atoms with Gasteiger partial charge in [0.1, 0.15) is 0 Å². The Bertz CT molecular complexity index is 234. The smallest absolute Gasteiger partial charge is 0.0869 e. The van der Waals surface area contributed by atoms with Crippen molar-refractivity contribution in [3.63, 3.8) is 0 Å². The minimum Gasteiger partial charge on any atom is -0.388 e. The van der Waals surface area contributed by atoms with E-state index in [9.17, 15) is 5.11 Å². The van der Waals surface area contributed by atoms with Crippen molar-refractivity contribution in [1.29, 1.82) is 0 Å². The molecule has 0 bridgehead atoms. The van der Waals surface area contributed by atoms with Gasteiger partial charge in [0.25, 0.3) is 0 Å². The van der Waals surface area contributed by atoms with Crippen molar-refractivity contribution >= 4 is 0 Å². The van der Waals surface area contributed by atoms with E-state index in [0.717, 1.165) is 19.6 Å². The Balaban J connectivity index is 2.00. The molecule has 0 radical (unpaired) electrons. The monoisotopic (exact) mass is 240 g/mol. The summed E-state index contributed by atoms with van der Waals surface area (Å²) < 4.78 is 0. The first-order valence-electron chi connectivity index (χ1n) is 7.27. The Labute approximate surface area is 106 Å². The molecular weight excluding hydrogens is 212 g/mol. The van der Waals surface area contributed by atoms with E-state index in [-0.39, 0.29) is 0 Å². The molecule has 3 nitrogen and oxygen atoms in total. The second-order valence-electron chi connectivity index (χ2n) is 6.35. The van der Waals surface area contributed by atoms with Crippen molar-refractivity contribution in [2.24, 2.45) is 0 Å². The normalized spacial score (nSPS) is 38.6. The SMILES string of the molecule is CC1CN(C2CCCCCC2)CC(C)(O)CN1. The lowest BCUT2D eigenvalue weighted by Gasteiger charge is -2.34. The number of nitrogens with one attached hydrogen (secondary N) is 1. The van der Waals surface area contributed by atoms with Crippen LogP contribution in [0.25, 0.3) is 0 Å². The Morgan fingerprint density at radius 2 is 1.82 bits per heavy atom. The molecular formula is C14H28N2O. The lowest BCUT2D eigenvalue weighted by Crippen LogP contribution is -2.46. The van der Waals surface area contributed by atoms with Gasteiger partial charge in [0.05, 0.1) is 5.60 Å². The van der Waals surface area contributed by atoms with Crippen LogP contribution in [0.3, 0.4) is 0 Å². The highest BCUT2D eigenvalue weighted by molar-refractivity contribution is 4.90. The zero-order valence-corrected chi connectivity index (χ0v) is 11.4. The van der Waals surface area contributed by atoms with Crippen molar-refractivity contribution in [1.82, 2.24) is 10.2 Å². The van der Waals surface area contributed by atoms with Crippen LogP contribution < -0.4 is 5.32 Å². The molecule has 1 saturated heterocycles. The Hall–Kier alpha value is -0.120. The highest BCUT2D eigenvalue weighted by Crippen LogP contribution is 2.24. The van der Waals surface area contributed by atoms with Gasteiger partial charge in [0.2, 0.25) is 0 Å². The van der Waals surface area contributed by atoms with E-state index in [0.29, 0.717) is 12.1 Å². The third-order valence-corrected chi connectivity index (χ3v) is 4.22. The molecule has 2 atom stereocenters. The van der Waals surface area contributed by atoms with E-state index < -0.39 is 5.60 Å². The van der Waals surface area contributed by atoms with Crippen molar-refractivity contribution in [2.45, 2.75) is 70.1 Å². The van der Waals surface area contributed by atoms with Crippen molar-refractivity contribution in [3.8, 4) is 0 Å². The molecule has 3 heteroatoms. The Morgan fingerprint density at radius 3 is 2.47 bits per heavy atom. The van der Waals surface area contributed by atoms with Gasteiger partial charge in [-0.2, -0.15) is 0 Å². The highest BCUT2D eigenvalue weighted by Gasteiger charge is 2.32. The molecule has 2 N–H and O–H groups in total. The summed E-state index contributed by atoms with van der Waals surface area (Å²) in [5.41, 5.74) is -0.572. The average Bonchev–Trinajstić information content (AvgIpc) is 2.59. The van der Waals surface area contributed by atoms with Gasteiger partial charge in [-0.15, -0.1) is 0 Å². The van der Waals surface area contributed by atoms with E-state index in [1.165, 1.54) is 38.5 Å². The van der Waals surface area contributed by atoms with Crippen LogP contribution in [0.4, 0.5) is 0 Å². The van der Waals surface area contributed by atoms with Gasteiger partial charge in [-0.05, 0) is 26.7 Å². The minimum absolute atomic E-state index is 0.493. The molecule has 1 aliphatic heterocycles. The molecule has 0 amide bonds. The fourth-order valence-electron chi connectivity index (χ4n) is 3.27. The molecule has 0 spiro atoms. The Morgan fingerprint density at radius 1 is 1.18 bits per heavy atom. The van der Waals surface area contributed by atoms with Gasteiger partial charge in [0.15, 0.2) is 0 Å². The molecule has 2 rings (SSSR count). The second-order valence-corrected chi connectivity index (χ2v) is 6.35. The van der Waals surface area contributed by atoms with Crippen molar-refractivity contribution in [2.75, 3.05) is 19.6 Å². The van der Waals surface area contributed by atoms with Crippen LogP contribution >= 0.6 is 0 Å². The highest BCUT2D eigenvalue weighted by atomic mass is 16.3. The number of nitrogens with zero attached hydrogens (tertiary/aromatic N) is 1. The fourth-order valence-corrected chi connectivity index (χ4v) is 3.27. The topological polar surface area (TPSA) is 35.5 Å². The van der Waals surface area contributed by atoms with Crippen LogP contribution in [0.5, 0.6) is 0 Å². The molecule has 1 saturated carbocycles. The summed E-state index contributed by atoms with van der Waals surface area (Å²) in [5, 5.41) is 13.8. The standard InChI is InChI=1S/C14H28N2O/c1-12-9-16(11-14(2,17)10-15-12)13-7-5-3-4-6-8-13/h12-13,15,17H,3-11H2,1-2H3. The van der Waals surface area contributed by atoms with Crippen LogP contribution in [0.1, 0.15) is 52.4 Å². The quantitative estimate of drug-likeness (QED) is 0.686. The maximum Gasteiger partial charge on any atom is 0.0869 e. The van der Waals surface area contributed by atoms with Gasteiger partial charge in [-0.25, -0.2) is 0 Å². The van der Waals surface area contributed by atoms with E-state index >= 15 is 0 Å². The van der Waals surface area contributed by atoms with E-state index in [1.54, 1.807) is 0 Å². The van der Waals surface area contributed by atoms with E-state index in [2.05, 4.69) is 17.1 Å². The van der Waals surface area contributed by atoms with Gasteiger partial charge in [-0.3, -0.25) is 4.90 Å². The number of hydrogen-bond acceptors (Lipinski definition) is 3. The molecule has 0 aromatic rings. The van der Waals surface area contributed by atoms with E-state index in [1.807, 2.05) is 6.92 Å². The number of rotatable bonds is 1. The lowest BCUT2D eigenvalue weighted by atomic mass is 10.0. The zero-order valence-electron chi connectivity index (χ0n) is 11.4. The maximum atomic E-state index is 10.3. The Kier molecular flexibility index (Phi) is 4.45. The molecule has 0 aromatic heterocycles. The summed E-state index contributed by atoms with van der Waals surface area (Å²) in [7, 11) is 0. The second kappa shape index (κ2) is 5.68. The first-order valence-corrected chi connectivity index (χ1v) is 7.27. The van der Waals surface area contributed by atoms with Crippen molar-refractivity contribution in [3.05, 3.63) is 0 Å². The molecule has 0 aromatic carbocycles. The molecule has 100 valence electrons. The van der Waals surface area contributed by atoms with Gasteiger partial charge in [0, 0.05) is 31.7 Å². The number of aliphatic hydroxyl groups is 1. The predicted molar refractivity (Wildman–Crippen MR) is 71.2 cm³/mol. The summed E-state index contributed by atoms with van der Waals surface area (Å²) in [4.78, 5) is 2.54. The lowest BCUT2D eigenvalue weighted by molar-refractivity contribution is 0.0190. The summed E-state index contributed by atoms with van der Waals surface area (Å²) >= 11 is 0. The van der Waals surface area contributed by atoms with Crippen LogP contribution in [0.2, 0.25) is 0 Å². The summed E-state index contributed by atoms with van der Waals surface area (Å²) in [6, 6.07) is 1.19. The van der Waals surface area contributed by atoms with Crippen LogP contribution in [-0.2, 0) is 0 Å². The number of β-amino-alcohol motifs (C(OH)–C–C–N with tert-alkyl or cyclic N) is 1. The first-order chi connectivity index (χ1) is 8.07. The summed E-state index contributed by atoms with van der Waals surface area (Å²) in [5.74, 6) is 0. The third-order valence-electron chi connectivity index (χ3n) is 4.22. The summed E-state index contributed by atoms with van der Waals surface area (Å²) in [6.07, 6.45) is 8.17. The summed E-state index contributed by atoms with van der Waals surface area (Å²) in [6.45, 7) is 6.82. The number of hydrogen-bond donors (Lipinski definition) is 2. The predicted octanol–water partition coefficient (Wildman–Crippen LogP) is 1.75. The van der Waals surface area contributed by atoms with Crippen LogP contribution in [-0.4, -0.2) is 47.3 Å². The first kappa shape index (κ1) is 13.3. The van der Waals surface area contributed by atoms with Gasteiger partial charge >= 0.3 is 0 Å². The molecule has 1 heterocycles. The fraction of sp³-hybridized carbons (Fsp3) is 1.00. The molecule has 1 aliphatic carbocycles. The van der Waals surface area contributed by atoms with E-state index in [4.69, 9.17) is 0 Å². The van der Waals surface area contributed by atoms with Gasteiger partial charge < -0.3 is 10.4 Å². The average molecular weight is 240 g/mol. The minimum atomic E-state index is -0.572. The van der Waals surface area contributed by atoms with Crippen molar-refractivity contribution < 1.29 is 5.11 Å².